The van der Waals surface area contributed by atoms with Gasteiger partial charge in [-0.25, -0.2) is 4.98 Å². The van der Waals surface area contributed by atoms with Gasteiger partial charge in [0.1, 0.15) is 5.03 Å². The molecular formula is C27H37F2N3O4S. The Morgan fingerprint density at radius 1 is 1.24 bits per heavy atom. The Labute approximate surface area is 221 Å². The van der Waals surface area contributed by atoms with Crippen molar-refractivity contribution in [1.29, 1.82) is 0 Å². The number of halogens is 2. The SMILES string of the molecule is CCCSc1nc([C@]2(CC(=O)OC)CCNC2)ccc1C(=O)N[C@H]1C2CC3CC1C[C@@](OC(F)F)(C3)C2. The third kappa shape index (κ3) is 5.39. The molecular weight excluding hydrogens is 500 g/mol. The molecule has 0 aromatic carbocycles. The number of esters is 1. The molecule has 3 atom stereocenters. The second-order valence-electron chi connectivity index (χ2n) is 11.4. The van der Waals surface area contributed by atoms with Gasteiger partial charge in [-0.2, -0.15) is 8.78 Å². The van der Waals surface area contributed by atoms with Gasteiger partial charge in [0.2, 0.25) is 0 Å². The van der Waals surface area contributed by atoms with Crippen LogP contribution in [0.15, 0.2) is 17.2 Å². The predicted molar refractivity (Wildman–Crippen MR) is 136 cm³/mol. The Bertz CT molecular complexity index is 999. The first kappa shape index (κ1) is 26.8. The van der Waals surface area contributed by atoms with E-state index >= 15 is 0 Å². The molecule has 4 bridgehead atoms. The second kappa shape index (κ2) is 10.8. The summed E-state index contributed by atoms with van der Waals surface area (Å²) in [5.74, 6) is 1.09. The van der Waals surface area contributed by atoms with Crippen molar-refractivity contribution < 1.29 is 27.8 Å². The zero-order valence-corrected chi connectivity index (χ0v) is 22.4. The lowest BCUT2D eigenvalue weighted by molar-refractivity contribution is -0.260. The number of thioether (sulfide) groups is 1. The fourth-order valence-corrected chi connectivity index (χ4v) is 8.39. The van der Waals surface area contributed by atoms with Crippen LogP contribution in [0, 0.1) is 17.8 Å². The number of aromatic nitrogens is 1. The molecule has 2 N–H and O–H groups in total. The van der Waals surface area contributed by atoms with Crippen molar-refractivity contribution in [2.45, 2.75) is 87.0 Å². The molecule has 4 saturated carbocycles. The Hall–Kier alpha value is -1.78. The molecule has 10 heteroatoms. The highest BCUT2D eigenvalue weighted by Crippen LogP contribution is 2.57. The van der Waals surface area contributed by atoms with Gasteiger partial charge in [-0.1, -0.05) is 6.92 Å². The monoisotopic (exact) mass is 537 g/mol. The van der Waals surface area contributed by atoms with E-state index in [0.29, 0.717) is 42.3 Å². The van der Waals surface area contributed by atoms with E-state index < -0.39 is 17.6 Å². The number of carbonyl (C=O) groups is 2. The van der Waals surface area contributed by atoms with Crippen LogP contribution in [0.1, 0.15) is 74.3 Å². The lowest BCUT2D eigenvalue weighted by Gasteiger charge is -2.59. The minimum absolute atomic E-state index is 0.0353. The van der Waals surface area contributed by atoms with Crippen molar-refractivity contribution >= 4 is 23.6 Å². The molecule has 1 aliphatic heterocycles. The van der Waals surface area contributed by atoms with Crippen molar-refractivity contribution in [3.63, 3.8) is 0 Å². The summed E-state index contributed by atoms with van der Waals surface area (Å²) in [6, 6.07) is 3.68. The molecule has 1 amide bonds. The van der Waals surface area contributed by atoms with Gasteiger partial charge in [0, 0.05) is 23.7 Å². The lowest BCUT2D eigenvalue weighted by Crippen LogP contribution is -2.62. The van der Waals surface area contributed by atoms with Crippen molar-refractivity contribution in [3.05, 3.63) is 23.4 Å². The number of rotatable bonds is 10. The summed E-state index contributed by atoms with van der Waals surface area (Å²) in [5.41, 5.74) is 0.150. The van der Waals surface area contributed by atoms with E-state index in [9.17, 15) is 18.4 Å². The van der Waals surface area contributed by atoms with Gasteiger partial charge in [0.15, 0.2) is 0 Å². The minimum Gasteiger partial charge on any atom is -0.469 e. The Kier molecular flexibility index (Phi) is 7.80. The van der Waals surface area contributed by atoms with Crippen LogP contribution in [0.4, 0.5) is 8.78 Å². The van der Waals surface area contributed by atoms with Gasteiger partial charge in [0.25, 0.3) is 5.91 Å². The molecule has 0 radical (unpaired) electrons. The molecule has 6 rings (SSSR count). The highest BCUT2D eigenvalue weighted by Gasteiger charge is 2.57. The summed E-state index contributed by atoms with van der Waals surface area (Å²) >= 11 is 1.56. The summed E-state index contributed by atoms with van der Waals surface area (Å²) in [6.45, 7) is 0.750. The van der Waals surface area contributed by atoms with E-state index in [0.717, 1.165) is 43.7 Å². The minimum atomic E-state index is -2.76. The van der Waals surface area contributed by atoms with Crippen molar-refractivity contribution in [3.8, 4) is 0 Å². The Balaban J connectivity index is 1.36. The van der Waals surface area contributed by atoms with E-state index in [1.54, 1.807) is 11.8 Å². The van der Waals surface area contributed by atoms with Crippen LogP contribution in [0.5, 0.6) is 0 Å². The van der Waals surface area contributed by atoms with Crippen LogP contribution in [-0.4, -0.2) is 61.1 Å². The van der Waals surface area contributed by atoms with Gasteiger partial charge < -0.3 is 20.1 Å². The standard InChI is InChI=1S/C27H37F2N3O4S/c1-3-8-37-24-19(4-5-20(31-24)26(6-7-30-15-26)14-21(33)35-2)23(34)32-22-17-9-16-10-18(22)13-27(11-16,12-17)36-25(28)29/h4-5,16-18,22,25,30H,3,6-15H2,1-2H3,(H,32,34)/t16?,17?,18?,22-,26-,27+/m0/s1. The number of nitrogens with one attached hydrogen (secondary N) is 2. The van der Waals surface area contributed by atoms with Crippen LogP contribution in [0.2, 0.25) is 0 Å². The molecule has 7 nitrogen and oxygen atoms in total. The second-order valence-corrected chi connectivity index (χ2v) is 12.5. The number of alkyl halides is 2. The summed E-state index contributed by atoms with van der Waals surface area (Å²) in [4.78, 5) is 30.8. The highest BCUT2D eigenvalue weighted by molar-refractivity contribution is 7.99. The van der Waals surface area contributed by atoms with Gasteiger partial charge in [0.05, 0.1) is 24.7 Å². The summed E-state index contributed by atoms with van der Waals surface area (Å²) < 4.78 is 36.4. The lowest BCUT2D eigenvalue weighted by atomic mass is 9.52. The summed E-state index contributed by atoms with van der Waals surface area (Å²) in [5, 5.41) is 7.31. The zero-order chi connectivity index (χ0) is 26.2. The van der Waals surface area contributed by atoms with Crippen LogP contribution in [0.3, 0.4) is 0 Å². The maximum Gasteiger partial charge on any atom is 0.345 e. The number of pyridine rings is 1. The van der Waals surface area contributed by atoms with Gasteiger partial charge in [-0.3, -0.25) is 9.59 Å². The highest BCUT2D eigenvalue weighted by atomic mass is 32.2. The molecule has 5 aliphatic rings. The van der Waals surface area contributed by atoms with Crippen molar-refractivity contribution in [1.82, 2.24) is 15.6 Å². The first-order chi connectivity index (χ1) is 17.8. The number of hydrogen-bond donors (Lipinski definition) is 2. The largest absolute Gasteiger partial charge is 0.469 e. The summed E-state index contributed by atoms with van der Waals surface area (Å²) in [7, 11) is 1.40. The number of nitrogens with zero attached hydrogens (tertiary/aromatic N) is 1. The molecule has 37 heavy (non-hydrogen) atoms. The molecule has 0 spiro atoms. The third-order valence-electron chi connectivity index (χ3n) is 8.90. The fourth-order valence-electron chi connectivity index (χ4n) is 7.52. The van der Waals surface area contributed by atoms with E-state index in [1.165, 1.54) is 7.11 Å². The van der Waals surface area contributed by atoms with Crippen LogP contribution >= 0.6 is 11.8 Å². The van der Waals surface area contributed by atoms with Crippen LogP contribution in [-0.2, 0) is 19.7 Å². The van der Waals surface area contributed by atoms with Gasteiger partial charge >= 0.3 is 12.6 Å². The van der Waals surface area contributed by atoms with Crippen LogP contribution in [0.25, 0.3) is 0 Å². The number of methoxy groups -OCH3 is 1. The van der Waals surface area contributed by atoms with Gasteiger partial charge in [-0.15, -0.1) is 11.8 Å². The number of carbonyl (C=O) groups excluding carboxylic acids is 2. The molecule has 2 unspecified atom stereocenters. The topological polar surface area (TPSA) is 89.5 Å². The van der Waals surface area contributed by atoms with Crippen molar-refractivity contribution in [2.24, 2.45) is 17.8 Å². The van der Waals surface area contributed by atoms with Crippen LogP contribution < -0.4 is 10.6 Å². The third-order valence-corrected chi connectivity index (χ3v) is 10.1. The van der Waals surface area contributed by atoms with E-state index in [4.69, 9.17) is 14.5 Å². The number of amides is 1. The first-order valence-corrected chi connectivity index (χ1v) is 14.4. The average molecular weight is 538 g/mol. The van der Waals surface area contributed by atoms with E-state index in [-0.39, 0.29) is 36.2 Å². The smallest absolute Gasteiger partial charge is 0.345 e. The zero-order valence-electron chi connectivity index (χ0n) is 21.6. The molecule has 2 heterocycles. The molecule has 1 saturated heterocycles. The molecule has 4 aliphatic carbocycles. The van der Waals surface area contributed by atoms with E-state index in [2.05, 4.69) is 17.6 Å². The molecule has 204 valence electrons. The predicted octanol–water partition coefficient (Wildman–Crippen LogP) is 4.29. The first-order valence-electron chi connectivity index (χ1n) is 13.4. The fraction of sp³-hybridized carbons (Fsp3) is 0.741. The quantitative estimate of drug-likeness (QED) is 0.340. The van der Waals surface area contributed by atoms with Crippen molar-refractivity contribution in [2.75, 3.05) is 26.0 Å². The summed E-state index contributed by atoms with van der Waals surface area (Å²) in [6.07, 6.45) is 5.71. The average Bonchev–Trinajstić information content (AvgIpc) is 3.33. The maximum atomic E-state index is 13.6. The van der Waals surface area contributed by atoms with E-state index in [1.807, 2.05) is 12.1 Å². The Morgan fingerprint density at radius 3 is 2.62 bits per heavy atom. The molecule has 5 fully saturated rings. The Morgan fingerprint density at radius 2 is 2.00 bits per heavy atom. The number of hydrogen-bond acceptors (Lipinski definition) is 7. The molecule has 1 aromatic heterocycles. The molecule has 1 aromatic rings. The number of ether oxygens (including phenoxy) is 2. The maximum absolute atomic E-state index is 13.6. The van der Waals surface area contributed by atoms with Gasteiger partial charge in [-0.05, 0) is 87.1 Å². The normalized spacial score (nSPS) is 34.2.